The predicted octanol–water partition coefficient (Wildman–Crippen LogP) is 3.75. The second-order valence-corrected chi connectivity index (χ2v) is 8.10. The van der Waals surface area contributed by atoms with Gasteiger partial charge >= 0.3 is 0 Å². The zero-order chi connectivity index (χ0) is 21.3. The smallest absolute Gasteiger partial charge is 0.189 e. The highest BCUT2D eigenvalue weighted by Gasteiger charge is 2.27. The number of hydrogen-bond donors (Lipinski definition) is 3. The number of nitrogens with one attached hydrogen (secondary N) is 2. The second kappa shape index (κ2) is 8.71. The molecule has 2 aromatic carbocycles. The third-order valence-electron chi connectivity index (χ3n) is 5.62. The van der Waals surface area contributed by atoms with E-state index in [9.17, 15) is 10.4 Å². The van der Waals surface area contributed by atoms with Gasteiger partial charge in [-0.25, -0.2) is 9.89 Å². The third-order valence-corrected chi connectivity index (χ3v) is 5.86. The Balaban J connectivity index is 1.52. The van der Waals surface area contributed by atoms with E-state index in [1.165, 1.54) is 5.56 Å². The number of halogens is 1. The Kier molecular flexibility index (Phi) is 6.04. The largest absolute Gasteiger partial charge is 0.595 e. The standard InChI is InChI=1S/C23H25ClN4O2/c1-15-23(16(2)27(26-15)21-8-3-4-9-22(21)28(29)30)18-10-11-20(13-18)25-14-17-6-5-7-19(24)12-17/h3-12,18,20,25,28-29H,13-14H2,1-2H3/t18-,20-/m1/s1. The number of hydrogen-bond acceptors (Lipinski definition) is 4. The first-order chi connectivity index (χ1) is 14.4. The van der Waals surface area contributed by atoms with Crippen LogP contribution in [0.5, 0.6) is 0 Å². The Morgan fingerprint density at radius 3 is 2.77 bits per heavy atom. The summed E-state index contributed by atoms with van der Waals surface area (Å²) in [7, 11) is 0. The zero-order valence-electron chi connectivity index (χ0n) is 17.0. The molecule has 1 aliphatic carbocycles. The number of benzene rings is 2. The third kappa shape index (κ3) is 4.19. The van der Waals surface area contributed by atoms with E-state index in [0.717, 1.165) is 34.9 Å². The van der Waals surface area contributed by atoms with Crippen LogP contribution in [0, 0.1) is 19.1 Å². The minimum absolute atomic E-state index is 0.243. The lowest BCUT2D eigenvalue weighted by Crippen LogP contribution is -2.99. The molecule has 156 valence electrons. The molecule has 1 unspecified atom stereocenters. The molecule has 7 heteroatoms. The predicted molar refractivity (Wildman–Crippen MR) is 117 cm³/mol. The van der Waals surface area contributed by atoms with E-state index in [-0.39, 0.29) is 17.6 Å². The van der Waals surface area contributed by atoms with Crippen LogP contribution in [0.25, 0.3) is 5.69 Å². The van der Waals surface area contributed by atoms with Crippen molar-refractivity contribution in [3.8, 4) is 5.69 Å². The number of aromatic nitrogens is 2. The number of allylic oxidation sites excluding steroid dienone is 1. The summed E-state index contributed by atoms with van der Waals surface area (Å²) in [5.74, 6) is 0.243. The fraction of sp³-hybridized carbons (Fsp3) is 0.261. The molecule has 0 fully saturated rings. The van der Waals surface area contributed by atoms with Gasteiger partial charge < -0.3 is 10.5 Å². The lowest BCUT2D eigenvalue weighted by Gasteiger charge is -2.17. The van der Waals surface area contributed by atoms with Gasteiger partial charge in [-0.1, -0.05) is 48.0 Å². The lowest BCUT2D eigenvalue weighted by atomic mass is 9.96. The average molecular weight is 425 g/mol. The summed E-state index contributed by atoms with van der Waals surface area (Å²) in [5, 5.41) is 29.2. The monoisotopic (exact) mass is 424 g/mol. The molecule has 0 radical (unpaired) electrons. The van der Waals surface area contributed by atoms with Crippen LogP contribution in [-0.4, -0.2) is 21.0 Å². The van der Waals surface area contributed by atoms with Gasteiger partial charge in [0.05, 0.1) is 5.69 Å². The van der Waals surface area contributed by atoms with Crippen molar-refractivity contribution < 1.29 is 10.4 Å². The number of para-hydroxylation sites is 2. The molecule has 3 N–H and O–H groups in total. The molecule has 3 atom stereocenters. The van der Waals surface area contributed by atoms with Crippen LogP contribution >= 0.6 is 11.6 Å². The SMILES string of the molecule is Cc1nn(-c2ccccc2[NH+]([O-])O)c(C)c1[C@@H]1C=C[C@@H](NCc2cccc(Cl)c2)C1. The van der Waals surface area contributed by atoms with Gasteiger partial charge in [-0.05, 0) is 44.0 Å². The topological polar surface area (TPSA) is 77.6 Å². The van der Waals surface area contributed by atoms with Crippen LogP contribution in [0.2, 0.25) is 5.02 Å². The zero-order valence-corrected chi connectivity index (χ0v) is 17.7. The van der Waals surface area contributed by atoms with Gasteiger partial charge in [0.2, 0.25) is 0 Å². The summed E-state index contributed by atoms with van der Waals surface area (Å²) in [6, 6.07) is 15.1. The molecule has 1 heterocycles. The highest BCUT2D eigenvalue weighted by atomic mass is 35.5. The first kappa shape index (κ1) is 20.8. The normalized spacial score (nSPS) is 19.4. The van der Waals surface area contributed by atoms with Crippen LogP contribution in [0.3, 0.4) is 0 Å². The van der Waals surface area contributed by atoms with Gasteiger partial charge in [-0.15, -0.1) is 0 Å². The van der Waals surface area contributed by atoms with Gasteiger partial charge in [0.1, 0.15) is 5.69 Å². The lowest BCUT2D eigenvalue weighted by molar-refractivity contribution is -0.991. The fourth-order valence-electron chi connectivity index (χ4n) is 4.23. The minimum Gasteiger partial charge on any atom is -0.595 e. The van der Waals surface area contributed by atoms with Crippen molar-refractivity contribution in [2.24, 2.45) is 0 Å². The molecular weight excluding hydrogens is 400 g/mol. The maximum absolute atomic E-state index is 11.6. The molecule has 1 aliphatic rings. The molecule has 30 heavy (non-hydrogen) atoms. The maximum atomic E-state index is 11.6. The molecule has 0 aliphatic heterocycles. The van der Waals surface area contributed by atoms with E-state index in [2.05, 4.69) is 28.6 Å². The van der Waals surface area contributed by atoms with Crippen molar-refractivity contribution in [2.45, 2.75) is 38.8 Å². The average Bonchev–Trinajstić information content (AvgIpc) is 3.30. The summed E-state index contributed by atoms with van der Waals surface area (Å²) in [6.45, 7) is 4.75. The molecule has 0 saturated heterocycles. The molecule has 0 bridgehead atoms. The van der Waals surface area contributed by atoms with Crippen molar-refractivity contribution >= 4 is 17.3 Å². The second-order valence-electron chi connectivity index (χ2n) is 7.66. The Bertz CT molecular complexity index is 1080. The molecule has 0 spiro atoms. The van der Waals surface area contributed by atoms with Crippen LogP contribution < -0.4 is 10.5 Å². The summed E-state index contributed by atoms with van der Waals surface area (Å²) in [6.07, 6.45) is 5.37. The van der Waals surface area contributed by atoms with Crippen molar-refractivity contribution in [3.63, 3.8) is 0 Å². The first-order valence-corrected chi connectivity index (χ1v) is 10.4. The molecule has 0 amide bonds. The number of rotatable bonds is 6. The summed E-state index contributed by atoms with van der Waals surface area (Å²) in [4.78, 5) is 0. The van der Waals surface area contributed by atoms with Gasteiger partial charge in [0.25, 0.3) is 0 Å². The van der Waals surface area contributed by atoms with Gasteiger partial charge in [0.15, 0.2) is 5.69 Å². The number of nitrogens with zero attached hydrogens (tertiary/aromatic N) is 2. The van der Waals surface area contributed by atoms with Crippen molar-refractivity contribution in [1.82, 2.24) is 15.1 Å². The van der Waals surface area contributed by atoms with Gasteiger partial charge in [-0.3, -0.25) is 0 Å². The van der Waals surface area contributed by atoms with Gasteiger partial charge in [0, 0.05) is 40.9 Å². The minimum atomic E-state index is -0.953. The Morgan fingerprint density at radius 1 is 1.20 bits per heavy atom. The van der Waals surface area contributed by atoms with E-state index < -0.39 is 5.23 Å². The van der Waals surface area contributed by atoms with Gasteiger partial charge in [-0.2, -0.15) is 10.3 Å². The first-order valence-electron chi connectivity index (χ1n) is 9.99. The highest BCUT2D eigenvalue weighted by Crippen LogP contribution is 2.34. The van der Waals surface area contributed by atoms with Crippen LogP contribution in [0.15, 0.2) is 60.7 Å². The highest BCUT2D eigenvalue weighted by molar-refractivity contribution is 6.30. The molecule has 1 aromatic heterocycles. The van der Waals surface area contributed by atoms with Crippen LogP contribution in [-0.2, 0) is 6.54 Å². The quantitative estimate of drug-likeness (QED) is 0.416. The molecular formula is C23H25ClN4O2. The fourth-order valence-corrected chi connectivity index (χ4v) is 4.44. The van der Waals surface area contributed by atoms with E-state index in [4.69, 9.17) is 11.6 Å². The van der Waals surface area contributed by atoms with Crippen molar-refractivity contribution in [2.75, 3.05) is 0 Å². The van der Waals surface area contributed by atoms with Crippen molar-refractivity contribution in [3.05, 3.63) is 93.4 Å². The van der Waals surface area contributed by atoms with E-state index >= 15 is 0 Å². The molecule has 6 nitrogen and oxygen atoms in total. The number of quaternary nitrogens is 1. The van der Waals surface area contributed by atoms with E-state index in [1.54, 1.807) is 22.9 Å². The summed E-state index contributed by atoms with van der Waals surface area (Å²) in [5.41, 5.74) is 5.07. The van der Waals surface area contributed by atoms with Crippen LogP contribution in [0.4, 0.5) is 5.69 Å². The van der Waals surface area contributed by atoms with E-state index in [0.29, 0.717) is 5.69 Å². The van der Waals surface area contributed by atoms with Crippen LogP contribution in [0.1, 0.15) is 34.9 Å². The molecule has 3 aromatic rings. The Labute approximate surface area is 180 Å². The van der Waals surface area contributed by atoms with Crippen molar-refractivity contribution in [1.29, 1.82) is 0 Å². The number of aryl methyl sites for hydroxylation is 1. The summed E-state index contributed by atoms with van der Waals surface area (Å²) < 4.78 is 1.76. The summed E-state index contributed by atoms with van der Waals surface area (Å²) >= 11 is 6.07. The molecule has 0 saturated carbocycles. The van der Waals surface area contributed by atoms with E-state index in [1.807, 2.05) is 38.1 Å². The maximum Gasteiger partial charge on any atom is 0.189 e. The Hall–Kier alpha value is -2.48. The molecule has 4 rings (SSSR count). The Morgan fingerprint density at radius 2 is 2.00 bits per heavy atom.